The molecular formula is C9H11N3OS2. The molecule has 1 aliphatic heterocycles. The topological polar surface area (TPSA) is 65.8 Å². The fourth-order valence-electron chi connectivity index (χ4n) is 1.56. The van der Waals surface area contributed by atoms with Gasteiger partial charge in [-0.3, -0.25) is 4.21 Å². The summed E-state index contributed by atoms with van der Waals surface area (Å²) in [5, 5.41) is 13.0. The van der Waals surface area contributed by atoms with Crippen LogP contribution in [-0.4, -0.2) is 26.1 Å². The minimum Gasteiger partial charge on any atom is -0.371 e. The van der Waals surface area contributed by atoms with Gasteiger partial charge in [0, 0.05) is 28.3 Å². The number of nitrogens with one attached hydrogen (secondary N) is 1. The molecule has 0 spiro atoms. The van der Waals surface area contributed by atoms with Crippen molar-refractivity contribution in [2.24, 2.45) is 0 Å². The van der Waals surface area contributed by atoms with Gasteiger partial charge in [-0.05, 0) is 24.9 Å². The highest BCUT2D eigenvalue weighted by Crippen LogP contribution is 2.25. The van der Waals surface area contributed by atoms with Crippen molar-refractivity contribution in [2.75, 3.05) is 16.8 Å². The van der Waals surface area contributed by atoms with Crippen LogP contribution in [0, 0.1) is 18.3 Å². The van der Waals surface area contributed by atoms with Crippen molar-refractivity contribution >= 4 is 27.3 Å². The summed E-state index contributed by atoms with van der Waals surface area (Å²) in [5.41, 5.74) is 1.39. The lowest BCUT2D eigenvalue weighted by molar-refractivity contribution is 0.687. The minimum absolute atomic E-state index is 0.234. The number of aryl methyl sites for hydroxylation is 1. The number of anilines is 1. The fourth-order valence-corrected chi connectivity index (χ4v) is 3.80. The third-order valence-corrected chi connectivity index (χ3v) is 4.73. The summed E-state index contributed by atoms with van der Waals surface area (Å²) in [6.07, 6.45) is 0.911. The van der Waals surface area contributed by atoms with Crippen molar-refractivity contribution in [3.8, 4) is 6.07 Å². The molecule has 1 aliphatic rings. The first kappa shape index (κ1) is 10.6. The lowest BCUT2D eigenvalue weighted by Gasteiger charge is -2.09. The Labute approximate surface area is 94.9 Å². The van der Waals surface area contributed by atoms with Crippen LogP contribution >= 0.6 is 11.5 Å². The highest BCUT2D eigenvalue weighted by Gasteiger charge is 2.22. The van der Waals surface area contributed by atoms with E-state index in [0.717, 1.165) is 22.9 Å². The van der Waals surface area contributed by atoms with Crippen LogP contribution in [0.5, 0.6) is 0 Å². The van der Waals surface area contributed by atoms with Gasteiger partial charge in [0.2, 0.25) is 0 Å². The predicted molar refractivity (Wildman–Crippen MR) is 61.5 cm³/mol. The third-order valence-electron chi connectivity index (χ3n) is 2.39. The van der Waals surface area contributed by atoms with E-state index in [2.05, 4.69) is 15.8 Å². The van der Waals surface area contributed by atoms with Crippen molar-refractivity contribution in [3.63, 3.8) is 0 Å². The maximum Gasteiger partial charge on any atom is 0.127 e. The Morgan fingerprint density at radius 1 is 1.73 bits per heavy atom. The molecule has 2 rings (SSSR count). The van der Waals surface area contributed by atoms with Crippen molar-refractivity contribution in [3.05, 3.63) is 11.3 Å². The van der Waals surface area contributed by atoms with Crippen LogP contribution in [0.1, 0.15) is 17.7 Å². The van der Waals surface area contributed by atoms with E-state index in [-0.39, 0.29) is 6.04 Å². The number of aromatic nitrogens is 1. The average molecular weight is 241 g/mol. The van der Waals surface area contributed by atoms with Gasteiger partial charge in [-0.15, -0.1) is 0 Å². The van der Waals surface area contributed by atoms with Crippen LogP contribution in [0.4, 0.5) is 5.00 Å². The number of nitriles is 1. The average Bonchev–Trinajstić information content (AvgIpc) is 2.75. The zero-order valence-electron chi connectivity index (χ0n) is 8.32. The molecule has 0 saturated carbocycles. The Kier molecular flexibility index (Phi) is 3.03. The summed E-state index contributed by atoms with van der Waals surface area (Å²) in [6, 6.07) is 2.37. The van der Waals surface area contributed by atoms with Gasteiger partial charge < -0.3 is 5.32 Å². The Hall–Kier alpha value is -0.930. The zero-order chi connectivity index (χ0) is 10.8. The second-order valence-electron chi connectivity index (χ2n) is 3.52. The first-order valence-corrected chi connectivity index (χ1v) is 6.94. The van der Waals surface area contributed by atoms with Crippen LogP contribution in [0.15, 0.2) is 0 Å². The molecule has 1 saturated heterocycles. The van der Waals surface area contributed by atoms with E-state index in [1.165, 1.54) is 11.5 Å². The molecular weight excluding hydrogens is 230 g/mol. The summed E-state index contributed by atoms with van der Waals surface area (Å²) in [5.74, 6) is 1.44. The molecule has 0 aliphatic carbocycles. The molecule has 80 valence electrons. The van der Waals surface area contributed by atoms with Crippen LogP contribution in [-0.2, 0) is 10.8 Å². The zero-order valence-corrected chi connectivity index (χ0v) is 9.95. The molecule has 2 heterocycles. The maximum atomic E-state index is 11.2. The highest BCUT2D eigenvalue weighted by atomic mass is 32.2. The lowest BCUT2D eigenvalue weighted by atomic mass is 10.2. The van der Waals surface area contributed by atoms with Gasteiger partial charge >= 0.3 is 0 Å². The lowest BCUT2D eigenvalue weighted by Crippen LogP contribution is -2.19. The van der Waals surface area contributed by atoms with Gasteiger partial charge in [0.25, 0.3) is 0 Å². The molecule has 6 heteroatoms. The van der Waals surface area contributed by atoms with Gasteiger partial charge in [-0.1, -0.05) is 0 Å². The first-order valence-electron chi connectivity index (χ1n) is 4.68. The van der Waals surface area contributed by atoms with E-state index in [9.17, 15) is 4.21 Å². The number of hydrogen-bond donors (Lipinski definition) is 1. The predicted octanol–water partition coefficient (Wildman–Crippen LogP) is 1.26. The number of rotatable bonds is 2. The standard InChI is InChI=1S/C9H11N3OS2/c1-6-8(4-10)9(14-12-6)11-7-2-3-15(13)5-7/h7,11H,2-3,5H2,1H3. The van der Waals surface area contributed by atoms with Gasteiger partial charge in [0.15, 0.2) is 0 Å². The minimum atomic E-state index is -0.690. The number of hydrogen-bond acceptors (Lipinski definition) is 5. The SMILES string of the molecule is Cc1nsc(NC2CCS(=O)C2)c1C#N. The first-order chi connectivity index (χ1) is 7.20. The monoisotopic (exact) mass is 241 g/mol. The summed E-state index contributed by atoms with van der Waals surface area (Å²) in [4.78, 5) is 0. The van der Waals surface area contributed by atoms with E-state index in [4.69, 9.17) is 5.26 Å². The number of nitrogens with zero attached hydrogens (tertiary/aromatic N) is 2. The molecule has 2 unspecified atom stereocenters. The van der Waals surface area contributed by atoms with Crippen LogP contribution < -0.4 is 5.32 Å². The summed E-state index contributed by atoms with van der Waals surface area (Å²) < 4.78 is 15.3. The Bertz CT molecular complexity index is 435. The van der Waals surface area contributed by atoms with E-state index in [0.29, 0.717) is 11.3 Å². The molecule has 1 aromatic heterocycles. The second kappa shape index (κ2) is 4.29. The largest absolute Gasteiger partial charge is 0.371 e. The molecule has 0 amide bonds. The van der Waals surface area contributed by atoms with E-state index < -0.39 is 10.8 Å². The molecule has 1 aromatic rings. The molecule has 0 radical (unpaired) electrons. The molecule has 0 bridgehead atoms. The highest BCUT2D eigenvalue weighted by molar-refractivity contribution is 7.85. The molecule has 15 heavy (non-hydrogen) atoms. The van der Waals surface area contributed by atoms with Crippen molar-refractivity contribution in [2.45, 2.75) is 19.4 Å². The quantitative estimate of drug-likeness (QED) is 0.846. The van der Waals surface area contributed by atoms with Gasteiger partial charge in [0.05, 0.1) is 5.69 Å². The van der Waals surface area contributed by atoms with Crippen molar-refractivity contribution in [1.29, 1.82) is 5.26 Å². The van der Waals surface area contributed by atoms with Crippen molar-refractivity contribution in [1.82, 2.24) is 4.37 Å². The molecule has 1 fully saturated rings. The van der Waals surface area contributed by atoms with Crippen molar-refractivity contribution < 1.29 is 4.21 Å². The maximum absolute atomic E-state index is 11.2. The van der Waals surface area contributed by atoms with Gasteiger partial charge in [0.1, 0.15) is 16.6 Å². The summed E-state index contributed by atoms with van der Waals surface area (Å²) >= 11 is 1.31. The van der Waals surface area contributed by atoms with E-state index in [1.807, 2.05) is 6.92 Å². The molecule has 2 atom stereocenters. The van der Waals surface area contributed by atoms with Crippen LogP contribution in [0.3, 0.4) is 0 Å². The van der Waals surface area contributed by atoms with E-state index in [1.54, 1.807) is 0 Å². The van der Waals surface area contributed by atoms with Gasteiger partial charge in [-0.2, -0.15) is 9.64 Å². The third kappa shape index (κ3) is 2.19. The smallest absolute Gasteiger partial charge is 0.127 e. The molecule has 0 aromatic carbocycles. The van der Waals surface area contributed by atoms with E-state index >= 15 is 0 Å². The Morgan fingerprint density at radius 3 is 3.13 bits per heavy atom. The fraction of sp³-hybridized carbons (Fsp3) is 0.556. The van der Waals surface area contributed by atoms with Crippen LogP contribution in [0.2, 0.25) is 0 Å². The summed E-state index contributed by atoms with van der Waals surface area (Å²) in [6.45, 7) is 1.83. The normalized spacial score (nSPS) is 25.1. The second-order valence-corrected chi connectivity index (χ2v) is 5.92. The summed E-state index contributed by atoms with van der Waals surface area (Å²) in [7, 11) is -0.690. The molecule has 1 N–H and O–H groups in total. The van der Waals surface area contributed by atoms with Gasteiger partial charge in [-0.25, -0.2) is 0 Å². The Morgan fingerprint density at radius 2 is 2.53 bits per heavy atom. The molecule has 4 nitrogen and oxygen atoms in total. The van der Waals surface area contributed by atoms with Crippen LogP contribution in [0.25, 0.3) is 0 Å². The Balaban J connectivity index is 2.11.